The van der Waals surface area contributed by atoms with Crippen molar-refractivity contribution in [2.24, 2.45) is 5.92 Å². The minimum atomic E-state index is -0.758. The Bertz CT molecular complexity index is 683. The third-order valence-electron chi connectivity index (χ3n) is 4.71. The molecule has 2 heterocycles. The summed E-state index contributed by atoms with van der Waals surface area (Å²) in [6.45, 7) is 2.72. The molecule has 2 atom stereocenters. The summed E-state index contributed by atoms with van der Waals surface area (Å²) in [5.74, 6) is -0.593. The number of hydrogen-bond donors (Lipinski definition) is 1. The van der Waals surface area contributed by atoms with Crippen LogP contribution in [0, 0.1) is 17.2 Å². The first kappa shape index (κ1) is 17.2. The zero-order valence-electron chi connectivity index (χ0n) is 13.9. The van der Waals surface area contributed by atoms with Gasteiger partial charge in [0.2, 0.25) is 0 Å². The maximum Gasteiger partial charge on any atom is 0.414 e. The number of carboxylic acid groups (broad SMARTS) is 1. The van der Waals surface area contributed by atoms with Crippen LogP contribution in [0.15, 0.2) is 24.3 Å². The summed E-state index contributed by atoms with van der Waals surface area (Å²) in [5.41, 5.74) is 1.26. The molecule has 3 rings (SSSR count). The predicted octanol–water partition coefficient (Wildman–Crippen LogP) is 2.07. The third-order valence-corrected chi connectivity index (χ3v) is 4.71. The monoisotopic (exact) mass is 343 g/mol. The van der Waals surface area contributed by atoms with E-state index in [1.807, 2.05) is 0 Å². The quantitative estimate of drug-likeness (QED) is 0.879. The van der Waals surface area contributed by atoms with Gasteiger partial charge in [0.05, 0.1) is 18.2 Å². The number of carbonyl (C=O) groups excluding carboxylic acids is 1. The van der Waals surface area contributed by atoms with E-state index in [9.17, 15) is 9.59 Å². The van der Waals surface area contributed by atoms with Crippen LogP contribution in [-0.4, -0.2) is 54.4 Å². The van der Waals surface area contributed by atoms with Gasteiger partial charge >= 0.3 is 12.1 Å². The Hall–Kier alpha value is -2.59. The molecular weight excluding hydrogens is 322 g/mol. The molecule has 2 saturated heterocycles. The lowest BCUT2D eigenvalue weighted by Crippen LogP contribution is -2.41. The average molecular weight is 343 g/mol. The van der Waals surface area contributed by atoms with Gasteiger partial charge in [0, 0.05) is 25.2 Å². The summed E-state index contributed by atoms with van der Waals surface area (Å²) in [6.07, 6.45) is 1.49. The molecule has 1 aromatic rings. The molecule has 0 aliphatic carbocycles. The highest BCUT2D eigenvalue weighted by Gasteiger charge is 2.34. The molecule has 1 aromatic carbocycles. The first-order valence-electron chi connectivity index (χ1n) is 8.47. The Kier molecular flexibility index (Phi) is 5.19. The van der Waals surface area contributed by atoms with Gasteiger partial charge in [-0.05, 0) is 49.6 Å². The summed E-state index contributed by atoms with van der Waals surface area (Å²) < 4.78 is 5.47. The van der Waals surface area contributed by atoms with E-state index < -0.39 is 5.97 Å². The number of cyclic esters (lactones) is 1. The largest absolute Gasteiger partial charge is 0.481 e. The minimum Gasteiger partial charge on any atom is -0.481 e. The third kappa shape index (κ3) is 4.28. The number of anilines is 1. The molecule has 0 bridgehead atoms. The molecule has 2 aliphatic rings. The fourth-order valence-corrected chi connectivity index (χ4v) is 3.56. The van der Waals surface area contributed by atoms with E-state index in [1.165, 1.54) is 0 Å². The van der Waals surface area contributed by atoms with Crippen LogP contribution in [-0.2, 0) is 9.53 Å². The van der Waals surface area contributed by atoms with Crippen molar-refractivity contribution in [1.29, 1.82) is 5.26 Å². The van der Waals surface area contributed by atoms with Gasteiger partial charge in [0.25, 0.3) is 0 Å². The van der Waals surface area contributed by atoms with Gasteiger partial charge < -0.3 is 9.84 Å². The number of hydrogen-bond acceptors (Lipinski definition) is 5. The van der Waals surface area contributed by atoms with Gasteiger partial charge in [-0.2, -0.15) is 5.26 Å². The van der Waals surface area contributed by atoms with E-state index in [-0.39, 0.29) is 24.5 Å². The maximum absolute atomic E-state index is 12.1. The number of carbonyl (C=O) groups is 2. The molecule has 0 spiro atoms. The summed E-state index contributed by atoms with van der Waals surface area (Å²) in [5, 5.41) is 17.8. The summed E-state index contributed by atoms with van der Waals surface area (Å²) >= 11 is 0. The van der Waals surface area contributed by atoms with Crippen molar-refractivity contribution in [3.05, 3.63) is 29.8 Å². The van der Waals surface area contributed by atoms with Crippen molar-refractivity contribution >= 4 is 17.7 Å². The Labute approximate surface area is 146 Å². The normalized spacial score (nSPS) is 24.0. The van der Waals surface area contributed by atoms with E-state index in [0.717, 1.165) is 25.9 Å². The lowest BCUT2D eigenvalue weighted by atomic mass is 9.94. The molecule has 1 amide bonds. The van der Waals surface area contributed by atoms with Gasteiger partial charge in [-0.15, -0.1) is 0 Å². The van der Waals surface area contributed by atoms with E-state index in [1.54, 1.807) is 29.2 Å². The molecule has 2 fully saturated rings. The Morgan fingerprint density at radius 1 is 1.32 bits per heavy atom. The Balaban J connectivity index is 1.57. The zero-order valence-corrected chi connectivity index (χ0v) is 13.9. The van der Waals surface area contributed by atoms with E-state index in [0.29, 0.717) is 24.3 Å². The fourth-order valence-electron chi connectivity index (χ4n) is 3.56. The topological polar surface area (TPSA) is 93.9 Å². The van der Waals surface area contributed by atoms with E-state index in [4.69, 9.17) is 15.1 Å². The Morgan fingerprint density at radius 2 is 2.08 bits per heavy atom. The molecule has 0 radical (unpaired) electrons. The lowest BCUT2D eigenvalue weighted by molar-refractivity contribution is -0.138. The number of amides is 1. The van der Waals surface area contributed by atoms with Gasteiger partial charge in [-0.25, -0.2) is 4.79 Å². The predicted molar refractivity (Wildman–Crippen MR) is 90.2 cm³/mol. The maximum atomic E-state index is 12.1. The van der Waals surface area contributed by atoms with Crippen LogP contribution in [0.25, 0.3) is 0 Å². The number of nitrogens with zero attached hydrogens (tertiary/aromatic N) is 3. The smallest absolute Gasteiger partial charge is 0.414 e. The number of aliphatic carboxylic acids is 1. The number of ether oxygens (including phenoxy) is 1. The second-order valence-corrected chi connectivity index (χ2v) is 6.64. The molecule has 1 N–H and O–H groups in total. The molecule has 0 aromatic heterocycles. The van der Waals surface area contributed by atoms with Crippen LogP contribution in [0.1, 0.15) is 24.8 Å². The SMILES string of the molecule is N#Cc1ccc(N2CC(CN3CCCC(CC(=O)O)C3)OC2=O)cc1. The van der Waals surface area contributed by atoms with Crippen molar-refractivity contribution in [3.63, 3.8) is 0 Å². The number of piperidine rings is 1. The average Bonchev–Trinajstić information content (AvgIpc) is 2.95. The molecular formula is C18H21N3O4. The van der Waals surface area contributed by atoms with Crippen LogP contribution < -0.4 is 4.90 Å². The summed E-state index contributed by atoms with van der Waals surface area (Å²) in [6, 6.07) is 8.89. The van der Waals surface area contributed by atoms with Gasteiger partial charge in [-0.1, -0.05) is 0 Å². The number of nitriles is 1. The fraction of sp³-hybridized carbons (Fsp3) is 0.500. The zero-order chi connectivity index (χ0) is 17.8. The standard InChI is InChI=1S/C18H21N3O4/c19-9-13-3-5-15(6-4-13)21-12-16(25-18(21)24)11-20-7-1-2-14(10-20)8-17(22)23/h3-6,14,16H,1-2,7-8,10-12H2,(H,22,23). The highest BCUT2D eigenvalue weighted by Crippen LogP contribution is 2.24. The first-order valence-corrected chi connectivity index (χ1v) is 8.47. The van der Waals surface area contributed by atoms with E-state index >= 15 is 0 Å². The van der Waals surface area contributed by atoms with Crippen molar-refractivity contribution in [2.45, 2.75) is 25.4 Å². The summed E-state index contributed by atoms with van der Waals surface area (Å²) in [7, 11) is 0. The molecule has 25 heavy (non-hydrogen) atoms. The van der Waals surface area contributed by atoms with Crippen LogP contribution >= 0.6 is 0 Å². The Morgan fingerprint density at radius 3 is 2.76 bits per heavy atom. The van der Waals surface area contributed by atoms with Crippen molar-refractivity contribution in [1.82, 2.24) is 4.90 Å². The van der Waals surface area contributed by atoms with Crippen LogP contribution in [0.5, 0.6) is 0 Å². The second kappa shape index (κ2) is 7.53. The highest BCUT2D eigenvalue weighted by atomic mass is 16.6. The molecule has 7 heteroatoms. The summed E-state index contributed by atoms with van der Waals surface area (Å²) in [4.78, 5) is 26.8. The minimum absolute atomic E-state index is 0.165. The van der Waals surface area contributed by atoms with Crippen LogP contribution in [0.2, 0.25) is 0 Å². The highest BCUT2D eigenvalue weighted by molar-refractivity contribution is 5.89. The first-order chi connectivity index (χ1) is 12.0. The second-order valence-electron chi connectivity index (χ2n) is 6.64. The van der Waals surface area contributed by atoms with Crippen LogP contribution in [0.4, 0.5) is 10.5 Å². The number of likely N-dealkylation sites (tertiary alicyclic amines) is 1. The lowest BCUT2D eigenvalue weighted by Gasteiger charge is -2.33. The molecule has 7 nitrogen and oxygen atoms in total. The van der Waals surface area contributed by atoms with Gasteiger partial charge in [0.15, 0.2) is 0 Å². The molecule has 2 aliphatic heterocycles. The van der Waals surface area contributed by atoms with Crippen LogP contribution in [0.3, 0.4) is 0 Å². The molecule has 2 unspecified atom stereocenters. The number of benzene rings is 1. The molecule has 0 saturated carbocycles. The van der Waals surface area contributed by atoms with E-state index in [2.05, 4.69) is 11.0 Å². The van der Waals surface area contributed by atoms with Crippen molar-refractivity contribution in [3.8, 4) is 6.07 Å². The van der Waals surface area contributed by atoms with Crippen molar-refractivity contribution < 1.29 is 19.4 Å². The number of carboxylic acids is 1. The number of rotatable bonds is 5. The van der Waals surface area contributed by atoms with Crippen molar-refractivity contribution in [2.75, 3.05) is 31.1 Å². The van der Waals surface area contributed by atoms with Gasteiger partial charge in [0.1, 0.15) is 6.10 Å². The van der Waals surface area contributed by atoms with Gasteiger partial charge in [-0.3, -0.25) is 14.6 Å². The molecule has 132 valence electrons.